The van der Waals surface area contributed by atoms with Gasteiger partial charge in [-0.1, -0.05) is 18.5 Å². The molecule has 0 bridgehead atoms. The fourth-order valence-electron chi connectivity index (χ4n) is 1.68. The lowest BCUT2D eigenvalue weighted by molar-refractivity contribution is 0.189. The predicted molar refractivity (Wildman–Crippen MR) is 54.5 cm³/mol. The number of hydrogen-bond donors (Lipinski definition) is 0. The highest BCUT2D eigenvalue weighted by atomic mass is 35.5. The van der Waals surface area contributed by atoms with Crippen LogP contribution in [0, 0.1) is 0 Å². The van der Waals surface area contributed by atoms with Crippen LogP contribution in [0.15, 0.2) is 10.9 Å². The quantitative estimate of drug-likeness (QED) is 0.669. The number of halogens is 2. The molecule has 0 aromatic rings. The summed E-state index contributed by atoms with van der Waals surface area (Å²) in [7, 11) is 0. The molecule has 1 fully saturated rings. The van der Waals surface area contributed by atoms with Gasteiger partial charge in [0.1, 0.15) is 0 Å². The summed E-state index contributed by atoms with van der Waals surface area (Å²) in [5.74, 6) is 0. The molecule has 1 heterocycles. The zero-order valence-corrected chi connectivity index (χ0v) is 9.07. The molecule has 0 saturated carbocycles. The monoisotopic (exact) mass is 205 g/mol. The Labute approximate surface area is 84.6 Å². The van der Waals surface area contributed by atoms with Crippen molar-refractivity contribution in [2.24, 2.45) is 0 Å². The molecule has 0 unspecified atom stereocenters. The SMILES string of the molecule is CC[C@@H](C)N1CCC(=C(F)Cl)CC1. The lowest BCUT2D eigenvalue weighted by Gasteiger charge is -2.32. The Bertz CT molecular complexity index is 189. The number of nitrogens with zero attached hydrogens (tertiary/aromatic N) is 1. The van der Waals surface area contributed by atoms with Crippen molar-refractivity contribution in [1.29, 1.82) is 0 Å². The van der Waals surface area contributed by atoms with Gasteiger partial charge in [-0.15, -0.1) is 0 Å². The highest BCUT2D eigenvalue weighted by molar-refractivity contribution is 6.28. The summed E-state index contributed by atoms with van der Waals surface area (Å²) < 4.78 is 12.6. The van der Waals surface area contributed by atoms with Gasteiger partial charge in [-0.2, -0.15) is 4.39 Å². The number of rotatable bonds is 2. The molecule has 13 heavy (non-hydrogen) atoms. The van der Waals surface area contributed by atoms with E-state index in [1.54, 1.807) is 0 Å². The Morgan fingerprint density at radius 3 is 2.46 bits per heavy atom. The maximum absolute atomic E-state index is 12.6. The van der Waals surface area contributed by atoms with Crippen LogP contribution in [0.25, 0.3) is 0 Å². The van der Waals surface area contributed by atoms with Crippen LogP contribution in [0.2, 0.25) is 0 Å². The number of hydrogen-bond acceptors (Lipinski definition) is 1. The molecule has 0 aliphatic carbocycles. The fraction of sp³-hybridized carbons (Fsp3) is 0.800. The van der Waals surface area contributed by atoms with Crippen LogP contribution in [0.4, 0.5) is 4.39 Å². The highest BCUT2D eigenvalue weighted by Gasteiger charge is 2.19. The molecular weight excluding hydrogens is 189 g/mol. The first-order valence-electron chi connectivity index (χ1n) is 4.92. The van der Waals surface area contributed by atoms with Crippen molar-refractivity contribution in [3.63, 3.8) is 0 Å². The van der Waals surface area contributed by atoms with Gasteiger partial charge in [0, 0.05) is 19.1 Å². The average Bonchev–Trinajstić information content (AvgIpc) is 2.17. The van der Waals surface area contributed by atoms with Gasteiger partial charge in [0.25, 0.3) is 0 Å². The minimum absolute atomic E-state index is 0.483. The smallest absolute Gasteiger partial charge is 0.188 e. The van der Waals surface area contributed by atoms with Crippen LogP contribution in [0.1, 0.15) is 33.1 Å². The molecule has 0 N–H and O–H groups in total. The number of likely N-dealkylation sites (tertiary alicyclic amines) is 1. The van der Waals surface area contributed by atoms with Crippen molar-refractivity contribution in [2.45, 2.75) is 39.2 Å². The highest BCUT2D eigenvalue weighted by Crippen LogP contribution is 2.24. The maximum Gasteiger partial charge on any atom is 0.188 e. The van der Waals surface area contributed by atoms with Gasteiger partial charge in [-0.3, -0.25) is 0 Å². The van der Waals surface area contributed by atoms with E-state index in [0.29, 0.717) is 6.04 Å². The van der Waals surface area contributed by atoms with Crippen LogP contribution in [-0.2, 0) is 0 Å². The molecule has 0 aromatic carbocycles. The van der Waals surface area contributed by atoms with Crippen molar-refractivity contribution < 1.29 is 4.39 Å². The summed E-state index contributed by atoms with van der Waals surface area (Å²) in [6.45, 7) is 6.29. The third-order valence-electron chi connectivity index (χ3n) is 2.88. The maximum atomic E-state index is 12.6. The third-order valence-corrected chi connectivity index (χ3v) is 3.15. The van der Waals surface area contributed by atoms with E-state index in [0.717, 1.165) is 37.9 Å². The standard InChI is InChI=1S/C10H17ClFN/c1-3-8(2)13-6-4-9(5-7-13)10(11)12/h8H,3-7H2,1-2H3/t8-/m1/s1. The molecule has 0 spiro atoms. The lowest BCUT2D eigenvalue weighted by atomic mass is 10.0. The van der Waals surface area contributed by atoms with Crippen molar-refractivity contribution in [3.8, 4) is 0 Å². The summed E-state index contributed by atoms with van der Waals surface area (Å²) in [6.07, 6.45) is 2.74. The van der Waals surface area contributed by atoms with Crippen molar-refractivity contribution in [1.82, 2.24) is 4.90 Å². The van der Waals surface area contributed by atoms with Crippen LogP contribution in [0.3, 0.4) is 0 Å². The summed E-state index contributed by atoms with van der Waals surface area (Å²) in [6, 6.07) is 0.611. The Morgan fingerprint density at radius 1 is 1.54 bits per heavy atom. The summed E-state index contributed by atoms with van der Waals surface area (Å²) in [5, 5.41) is -0.483. The molecule has 1 saturated heterocycles. The zero-order chi connectivity index (χ0) is 9.84. The van der Waals surface area contributed by atoms with Crippen LogP contribution in [-0.4, -0.2) is 24.0 Å². The fourth-order valence-corrected chi connectivity index (χ4v) is 1.87. The lowest BCUT2D eigenvalue weighted by Crippen LogP contribution is -2.37. The largest absolute Gasteiger partial charge is 0.300 e. The van der Waals surface area contributed by atoms with E-state index >= 15 is 0 Å². The normalized spacial score (nSPS) is 21.7. The molecule has 0 aromatic heterocycles. The molecule has 1 rings (SSSR count). The Hall–Kier alpha value is -0.0800. The van der Waals surface area contributed by atoms with Gasteiger partial charge >= 0.3 is 0 Å². The van der Waals surface area contributed by atoms with E-state index in [2.05, 4.69) is 18.7 Å². The van der Waals surface area contributed by atoms with Crippen LogP contribution < -0.4 is 0 Å². The van der Waals surface area contributed by atoms with Crippen LogP contribution >= 0.6 is 11.6 Å². The van der Waals surface area contributed by atoms with E-state index < -0.39 is 5.29 Å². The van der Waals surface area contributed by atoms with Gasteiger partial charge in [-0.25, -0.2) is 0 Å². The van der Waals surface area contributed by atoms with Gasteiger partial charge in [0.15, 0.2) is 5.29 Å². The topological polar surface area (TPSA) is 3.24 Å². The average molecular weight is 206 g/mol. The first-order chi connectivity index (χ1) is 6.15. The molecule has 1 atom stereocenters. The van der Waals surface area contributed by atoms with Gasteiger partial charge in [0.2, 0.25) is 0 Å². The second-order valence-corrected chi connectivity index (χ2v) is 3.99. The summed E-state index contributed by atoms with van der Waals surface area (Å²) >= 11 is 5.31. The van der Waals surface area contributed by atoms with E-state index in [1.807, 2.05) is 0 Å². The van der Waals surface area contributed by atoms with Gasteiger partial charge < -0.3 is 4.90 Å². The van der Waals surface area contributed by atoms with E-state index in [4.69, 9.17) is 11.6 Å². The van der Waals surface area contributed by atoms with Crippen LogP contribution in [0.5, 0.6) is 0 Å². The molecule has 3 heteroatoms. The zero-order valence-electron chi connectivity index (χ0n) is 8.32. The van der Waals surface area contributed by atoms with Crippen molar-refractivity contribution >= 4 is 11.6 Å². The third kappa shape index (κ3) is 2.96. The molecular formula is C10H17ClFN. The molecule has 76 valence electrons. The number of piperidine rings is 1. The summed E-state index contributed by atoms with van der Waals surface area (Å²) in [5.41, 5.74) is 0.793. The molecule has 1 nitrogen and oxygen atoms in total. The second kappa shape index (κ2) is 4.97. The minimum atomic E-state index is -0.483. The Balaban J connectivity index is 2.43. The predicted octanol–water partition coefficient (Wildman–Crippen LogP) is 3.30. The molecule has 0 amide bonds. The van der Waals surface area contributed by atoms with E-state index in [1.165, 1.54) is 0 Å². The molecule has 0 radical (unpaired) electrons. The van der Waals surface area contributed by atoms with Gasteiger partial charge in [-0.05, 0) is 31.8 Å². The Morgan fingerprint density at radius 2 is 2.08 bits per heavy atom. The molecule has 1 aliphatic rings. The minimum Gasteiger partial charge on any atom is -0.300 e. The van der Waals surface area contributed by atoms with Crippen molar-refractivity contribution in [3.05, 3.63) is 10.9 Å². The van der Waals surface area contributed by atoms with E-state index in [-0.39, 0.29) is 0 Å². The Kier molecular flexibility index (Phi) is 4.20. The second-order valence-electron chi connectivity index (χ2n) is 3.66. The first-order valence-corrected chi connectivity index (χ1v) is 5.30. The first kappa shape index (κ1) is 11.0. The molecule has 1 aliphatic heterocycles. The van der Waals surface area contributed by atoms with Gasteiger partial charge in [0.05, 0.1) is 0 Å². The van der Waals surface area contributed by atoms with E-state index in [9.17, 15) is 4.39 Å². The van der Waals surface area contributed by atoms with Crippen molar-refractivity contribution in [2.75, 3.05) is 13.1 Å². The summed E-state index contributed by atoms with van der Waals surface area (Å²) in [4.78, 5) is 2.39.